The van der Waals surface area contributed by atoms with Crippen molar-refractivity contribution in [3.8, 4) is 0 Å². The van der Waals surface area contributed by atoms with Crippen LogP contribution in [0.2, 0.25) is 0 Å². The summed E-state index contributed by atoms with van der Waals surface area (Å²) in [6.07, 6.45) is 4.02. The molecule has 0 unspecified atom stereocenters. The molecule has 1 saturated carbocycles. The zero-order valence-corrected chi connectivity index (χ0v) is 11.9. The molecule has 1 N–H and O–H groups in total. The second-order valence-corrected chi connectivity index (χ2v) is 7.03. The Hall–Kier alpha value is 0.160. The van der Waals surface area contributed by atoms with E-state index in [1.54, 1.807) is 0 Å². The van der Waals surface area contributed by atoms with Gasteiger partial charge in [0.25, 0.3) is 0 Å². The Bertz CT molecular complexity index is 300. The third kappa shape index (κ3) is 6.60. The minimum atomic E-state index is -3.17. The first-order valence-electron chi connectivity index (χ1n) is 6.22. The van der Waals surface area contributed by atoms with Crippen LogP contribution in [-0.2, 0) is 14.8 Å². The molecule has 0 saturated heterocycles. The number of rotatable bonds is 7. The second kappa shape index (κ2) is 7.56. The van der Waals surface area contributed by atoms with Crippen molar-refractivity contribution in [2.75, 3.05) is 25.5 Å². The number of halogens is 1. The van der Waals surface area contributed by atoms with E-state index in [-0.39, 0.29) is 17.7 Å². The van der Waals surface area contributed by atoms with Crippen LogP contribution >= 0.6 is 11.6 Å². The van der Waals surface area contributed by atoms with Crippen molar-refractivity contribution in [1.82, 2.24) is 4.72 Å². The summed E-state index contributed by atoms with van der Waals surface area (Å²) in [5.41, 5.74) is 0. The third-order valence-corrected chi connectivity index (χ3v) is 4.82. The van der Waals surface area contributed by atoms with Gasteiger partial charge in [0.1, 0.15) is 0 Å². The van der Waals surface area contributed by atoms with Gasteiger partial charge in [-0.05, 0) is 38.5 Å². The average molecular weight is 284 g/mol. The molecule has 0 aromatic rings. The molecule has 1 aliphatic rings. The first kappa shape index (κ1) is 15.2. The molecule has 0 radical (unpaired) electrons. The fourth-order valence-corrected chi connectivity index (χ4v) is 3.18. The van der Waals surface area contributed by atoms with Crippen molar-refractivity contribution < 1.29 is 13.2 Å². The van der Waals surface area contributed by atoms with E-state index >= 15 is 0 Å². The molecule has 0 aliphatic heterocycles. The van der Waals surface area contributed by atoms with Crippen molar-refractivity contribution in [3.63, 3.8) is 0 Å². The van der Waals surface area contributed by atoms with E-state index < -0.39 is 10.0 Å². The van der Waals surface area contributed by atoms with E-state index in [2.05, 4.69) is 4.72 Å². The molecule has 0 aromatic heterocycles. The maximum atomic E-state index is 11.6. The number of ether oxygens (including phenoxy) is 1. The minimum Gasteiger partial charge on any atom is -0.381 e. The van der Waals surface area contributed by atoms with E-state index in [4.69, 9.17) is 16.3 Å². The zero-order chi connectivity index (χ0) is 12.7. The number of hydrogen-bond donors (Lipinski definition) is 1. The SMILES string of the molecule is CCOCCS(=O)(=O)NCC1CCC(Cl)CC1. The van der Waals surface area contributed by atoms with Crippen molar-refractivity contribution >= 4 is 21.6 Å². The largest absolute Gasteiger partial charge is 0.381 e. The maximum Gasteiger partial charge on any atom is 0.213 e. The highest BCUT2D eigenvalue weighted by Crippen LogP contribution is 2.27. The topological polar surface area (TPSA) is 55.4 Å². The van der Waals surface area contributed by atoms with Gasteiger partial charge in [-0.25, -0.2) is 13.1 Å². The number of alkyl halides is 1. The van der Waals surface area contributed by atoms with Gasteiger partial charge in [-0.15, -0.1) is 11.6 Å². The van der Waals surface area contributed by atoms with Gasteiger partial charge in [0.05, 0.1) is 12.4 Å². The van der Waals surface area contributed by atoms with Crippen LogP contribution in [0.4, 0.5) is 0 Å². The molecule has 102 valence electrons. The van der Waals surface area contributed by atoms with E-state index in [1.807, 2.05) is 6.92 Å². The first-order chi connectivity index (χ1) is 8.03. The molecule has 0 bridgehead atoms. The number of nitrogens with one attached hydrogen (secondary N) is 1. The summed E-state index contributed by atoms with van der Waals surface area (Å²) >= 11 is 6.00. The Kier molecular flexibility index (Phi) is 6.77. The summed E-state index contributed by atoms with van der Waals surface area (Å²) in [4.78, 5) is 0. The highest BCUT2D eigenvalue weighted by Gasteiger charge is 2.21. The van der Waals surface area contributed by atoms with Gasteiger partial charge in [-0.3, -0.25) is 0 Å². The number of sulfonamides is 1. The van der Waals surface area contributed by atoms with Gasteiger partial charge in [-0.2, -0.15) is 0 Å². The smallest absolute Gasteiger partial charge is 0.213 e. The van der Waals surface area contributed by atoms with Gasteiger partial charge in [0.15, 0.2) is 0 Å². The fourth-order valence-electron chi connectivity index (χ4n) is 1.96. The highest BCUT2D eigenvalue weighted by molar-refractivity contribution is 7.89. The van der Waals surface area contributed by atoms with Crippen LogP contribution in [0.25, 0.3) is 0 Å². The van der Waals surface area contributed by atoms with E-state index in [0.29, 0.717) is 19.1 Å². The molecule has 0 amide bonds. The predicted molar refractivity (Wildman–Crippen MR) is 69.9 cm³/mol. The molecule has 0 spiro atoms. The van der Waals surface area contributed by atoms with Crippen LogP contribution in [-0.4, -0.2) is 39.3 Å². The van der Waals surface area contributed by atoms with Crippen molar-refractivity contribution in [3.05, 3.63) is 0 Å². The summed E-state index contributed by atoms with van der Waals surface area (Å²) in [6.45, 7) is 3.21. The van der Waals surface area contributed by atoms with E-state index in [9.17, 15) is 8.42 Å². The zero-order valence-electron chi connectivity index (χ0n) is 10.3. The summed E-state index contributed by atoms with van der Waals surface area (Å²) in [7, 11) is -3.17. The Morgan fingerprint density at radius 1 is 1.29 bits per heavy atom. The van der Waals surface area contributed by atoms with E-state index in [0.717, 1.165) is 25.7 Å². The monoisotopic (exact) mass is 283 g/mol. The molecule has 0 heterocycles. The average Bonchev–Trinajstić information content (AvgIpc) is 2.29. The molecule has 17 heavy (non-hydrogen) atoms. The Morgan fingerprint density at radius 3 is 2.53 bits per heavy atom. The van der Waals surface area contributed by atoms with Crippen LogP contribution in [0.15, 0.2) is 0 Å². The fraction of sp³-hybridized carbons (Fsp3) is 1.00. The summed E-state index contributed by atoms with van der Waals surface area (Å²) in [5, 5.41) is 0.279. The van der Waals surface area contributed by atoms with Crippen LogP contribution in [0.5, 0.6) is 0 Å². The summed E-state index contributed by atoms with van der Waals surface area (Å²) in [6, 6.07) is 0. The molecular weight excluding hydrogens is 262 g/mol. The Morgan fingerprint density at radius 2 is 1.94 bits per heavy atom. The van der Waals surface area contributed by atoms with Gasteiger partial charge in [0.2, 0.25) is 10.0 Å². The standard InChI is InChI=1S/C11H22ClNO3S/c1-2-16-7-8-17(14,15)13-9-10-3-5-11(12)6-4-10/h10-11,13H,2-9H2,1H3. The lowest BCUT2D eigenvalue weighted by atomic mass is 9.89. The van der Waals surface area contributed by atoms with Crippen LogP contribution in [0, 0.1) is 5.92 Å². The van der Waals surface area contributed by atoms with Crippen molar-refractivity contribution in [2.24, 2.45) is 5.92 Å². The highest BCUT2D eigenvalue weighted by atomic mass is 35.5. The molecule has 0 atom stereocenters. The van der Waals surface area contributed by atoms with E-state index in [1.165, 1.54) is 0 Å². The quantitative estimate of drug-likeness (QED) is 0.572. The first-order valence-corrected chi connectivity index (χ1v) is 8.31. The lowest BCUT2D eigenvalue weighted by Crippen LogP contribution is -2.34. The lowest BCUT2D eigenvalue weighted by Gasteiger charge is -2.24. The van der Waals surface area contributed by atoms with Crippen LogP contribution in [0.1, 0.15) is 32.6 Å². The second-order valence-electron chi connectivity index (χ2n) is 4.48. The van der Waals surface area contributed by atoms with Crippen LogP contribution < -0.4 is 4.72 Å². The molecule has 0 aromatic carbocycles. The minimum absolute atomic E-state index is 0.0473. The molecule has 6 heteroatoms. The molecule has 1 rings (SSSR count). The van der Waals surface area contributed by atoms with Gasteiger partial charge >= 0.3 is 0 Å². The molecule has 4 nitrogen and oxygen atoms in total. The lowest BCUT2D eigenvalue weighted by molar-refractivity contribution is 0.163. The summed E-state index contributed by atoms with van der Waals surface area (Å²) < 4.78 is 30.9. The van der Waals surface area contributed by atoms with Crippen molar-refractivity contribution in [2.45, 2.75) is 38.0 Å². The Balaban J connectivity index is 2.20. The number of hydrogen-bond acceptors (Lipinski definition) is 3. The third-order valence-electron chi connectivity index (χ3n) is 3.07. The maximum absolute atomic E-state index is 11.6. The summed E-state index contributed by atoms with van der Waals surface area (Å²) in [5.74, 6) is 0.484. The normalized spacial score (nSPS) is 26.0. The van der Waals surface area contributed by atoms with Gasteiger partial charge < -0.3 is 4.74 Å². The van der Waals surface area contributed by atoms with Crippen LogP contribution in [0.3, 0.4) is 0 Å². The molecule has 1 aliphatic carbocycles. The molecule has 1 fully saturated rings. The Labute approximate surface area is 109 Å². The predicted octanol–water partition coefficient (Wildman–Crippen LogP) is 1.74. The van der Waals surface area contributed by atoms with Crippen molar-refractivity contribution in [1.29, 1.82) is 0 Å². The van der Waals surface area contributed by atoms with Gasteiger partial charge in [0, 0.05) is 18.5 Å². The van der Waals surface area contributed by atoms with Gasteiger partial charge in [-0.1, -0.05) is 0 Å². The molecular formula is C11H22ClNO3S.